The van der Waals surface area contributed by atoms with Crippen molar-refractivity contribution >= 4 is 34.5 Å². The summed E-state index contributed by atoms with van der Waals surface area (Å²) in [5.41, 5.74) is 2.66. The van der Waals surface area contributed by atoms with Gasteiger partial charge in [0.25, 0.3) is 5.69 Å². The van der Waals surface area contributed by atoms with E-state index in [1.54, 1.807) is 0 Å². The first-order valence-corrected chi connectivity index (χ1v) is 9.92. The Labute approximate surface area is 187 Å². The molecule has 0 bridgehead atoms. The van der Waals surface area contributed by atoms with Crippen molar-refractivity contribution in [3.63, 3.8) is 0 Å². The van der Waals surface area contributed by atoms with E-state index in [1.807, 2.05) is 24.3 Å². The highest BCUT2D eigenvalue weighted by molar-refractivity contribution is 6.31. The molecular weight excluding hydrogens is 438 g/mol. The van der Waals surface area contributed by atoms with Gasteiger partial charge in [-0.15, -0.1) is 0 Å². The minimum Gasteiger partial charge on any atom is -0.359 e. The number of non-ortho nitro benzene ring substituents is 1. The number of nitrogens with one attached hydrogen (secondary N) is 2. The zero-order valence-electron chi connectivity index (χ0n) is 16.8. The molecule has 0 spiro atoms. The number of fused-ring (bicyclic) bond motifs is 1. The quantitative estimate of drug-likeness (QED) is 0.376. The highest BCUT2D eigenvalue weighted by Crippen LogP contribution is 2.34. The van der Waals surface area contributed by atoms with E-state index in [0.29, 0.717) is 11.4 Å². The molecule has 162 valence electrons. The van der Waals surface area contributed by atoms with Crippen molar-refractivity contribution in [2.24, 2.45) is 4.99 Å². The van der Waals surface area contributed by atoms with E-state index < -0.39 is 22.7 Å². The minimum atomic E-state index is -0.714. The maximum atomic E-state index is 14.0. The lowest BCUT2D eigenvalue weighted by molar-refractivity contribution is -0.384. The van der Waals surface area contributed by atoms with Gasteiger partial charge in [-0.25, -0.2) is 13.8 Å². The summed E-state index contributed by atoms with van der Waals surface area (Å²) in [6, 6.07) is 13.5. The molecule has 0 saturated heterocycles. The number of hydrogen-bond acceptors (Lipinski definition) is 5. The van der Waals surface area contributed by atoms with Gasteiger partial charge in [-0.05, 0) is 36.8 Å². The monoisotopic (exact) mass is 454 g/mol. The van der Waals surface area contributed by atoms with Crippen LogP contribution in [-0.4, -0.2) is 10.8 Å². The molecule has 2 N–H and O–H groups in total. The third kappa shape index (κ3) is 4.04. The molecule has 1 atom stereocenters. The Hall–Kier alpha value is -3.78. The summed E-state index contributed by atoms with van der Waals surface area (Å²) in [6.07, 6.45) is -0.654. The summed E-state index contributed by atoms with van der Waals surface area (Å²) in [5, 5.41) is 17.5. The Morgan fingerprint density at radius 3 is 2.69 bits per heavy atom. The average molecular weight is 455 g/mol. The summed E-state index contributed by atoms with van der Waals surface area (Å²) in [7, 11) is 0. The number of para-hydroxylation sites is 1. The van der Waals surface area contributed by atoms with Crippen LogP contribution in [0.2, 0.25) is 5.02 Å². The zero-order chi connectivity index (χ0) is 23.0. The molecule has 0 aliphatic carbocycles. The van der Waals surface area contributed by atoms with Gasteiger partial charge >= 0.3 is 0 Å². The third-order valence-corrected chi connectivity index (χ3v) is 5.45. The van der Waals surface area contributed by atoms with Gasteiger partial charge in [0, 0.05) is 46.3 Å². The van der Waals surface area contributed by atoms with Gasteiger partial charge in [-0.2, -0.15) is 0 Å². The van der Waals surface area contributed by atoms with Crippen LogP contribution >= 0.6 is 11.6 Å². The molecule has 0 aromatic heterocycles. The number of nitrogens with zero attached hydrogens (tertiary/aromatic N) is 2. The van der Waals surface area contributed by atoms with Crippen molar-refractivity contribution in [3.05, 3.63) is 110 Å². The van der Waals surface area contributed by atoms with E-state index in [2.05, 4.69) is 22.2 Å². The summed E-state index contributed by atoms with van der Waals surface area (Å²) >= 11 is 6.30. The van der Waals surface area contributed by atoms with Crippen molar-refractivity contribution in [1.29, 1.82) is 0 Å². The lowest BCUT2D eigenvalue weighted by Gasteiger charge is -2.27. The van der Waals surface area contributed by atoms with Crippen LogP contribution in [0.3, 0.4) is 0 Å². The van der Waals surface area contributed by atoms with E-state index >= 15 is 0 Å². The smallest absolute Gasteiger partial charge is 0.270 e. The maximum Gasteiger partial charge on any atom is 0.270 e. The number of benzene rings is 3. The Morgan fingerprint density at radius 1 is 1.22 bits per heavy atom. The number of anilines is 1. The number of hydrogen-bond donors (Lipinski definition) is 2. The number of rotatable bonds is 4. The number of amidine groups is 1. The van der Waals surface area contributed by atoms with Gasteiger partial charge in [-0.1, -0.05) is 30.3 Å². The molecule has 0 fully saturated rings. The molecule has 1 aliphatic heterocycles. The Morgan fingerprint density at radius 2 is 1.97 bits per heavy atom. The van der Waals surface area contributed by atoms with Crippen LogP contribution in [0.25, 0.3) is 5.70 Å². The second-order valence-corrected chi connectivity index (χ2v) is 7.60. The fourth-order valence-corrected chi connectivity index (χ4v) is 3.74. The van der Waals surface area contributed by atoms with E-state index in [4.69, 9.17) is 11.6 Å². The third-order valence-electron chi connectivity index (χ3n) is 5.13. The summed E-state index contributed by atoms with van der Waals surface area (Å²) in [5.74, 6) is -0.979. The van der Waals surface area contributed by atoms with Crippen LogP contribution in [-0.2, 0) is 0 Å². The average Bonchev–Trinajstić information content (AvgIpc) is 2.75. The standard InChI is InChI=1S/C23H17ClF2N4O2/c1-12-18(9-14(25)10-20(12)26)13(2)27-23-17-5-3-4-6-21(17)28-22(29-23)16-8-7-15(30(31)32)11-19(16)24/h3-11,22,28H,2H2,1H3,(H,27,29). The molecule has 32 heavy (non-hydrogen) atoms. The molecule has 6 nitrogen and oxygen atoms in total. The molecular formula is C23H17ClF2N4O2. The SMILES string of the molecule is C=C(NC1=NC(c2ccc([N+](=O)[O-])cc2Cl)Nc2ccccc21)c1cc(F)cc(F)c1C. The van der Waals surface area contributed by atoms with Gasteiger partial charge in [0.1, 0.15) is 23.6 Å². The van der Waals surface area contributed by atoms with E-state index in [0.717, 1.165) is 17.3 Å². The van der Waals surface area contributed by atoms with Crippen molar-refractivity contribution < 1.29 is 13.7 Å². The number of nitro benzene ring substituents is 1. The van der Waals surface area contributed by atoms with E-state index in [-0.39, 0.29) is 27.5 Å². The molecule has 0 amide bonds. The molecule has 1 aliphatic rings. The minimum absolute atomic E-state index is 0.130. The fourth-order valence-electron chi connectivity index (χ4n) is 3.46. The van der Waals surface area contributed by atoms with Crippen LogP contribution in [0, 0.1) is 28.7 Å². The topological polar surface area (TPSA) is 79.6 Å². The Balaban J connectivity index is 1.73. The van der Waals surface area contributed by atoms with Crippen LogP contribution in [0.1, 0.15) is 28.4 Å². The summed E-state index contributed by atoms with van der Waals surface area (Å²) in [4.78, 5) is 15.2. The highest BCUT2D eigenvalue weighted by Gasteiger charge is 2.25. The van der Waals surface area contributed by atoms with Crippen molar-refractivity contribution in [3.8, 4) is 0 Å². The Bertz CT molecular complexity index is 1290. The van der Waals surface area contributed by atoms with Gasteiger partial charge in [0.15, 0.2) is 0 Å². The number of halogens is 3. The van der Waals surface area contributed by atoms with Crippen LogP contribution in [0.5, 0.6) is 0 Å². The van der Waals surface area contributed by atoms with E-state index in [9.17, 15) is 18.9 Å². The highest BCUT2D eigenvalue weighted by atomic mass is 35.5. The molecule has 9 heteroatoms. The zero-order valence-corrected chi connectivity index (χ0v) is 17.6. The first-order valence-electron chi connectivity index (χ1n) is 9.54. The number of aliphatic imine (C=N–C) groups is 1. The lowest BCUT2D eigenvalue weighted by Crippen LogP contribution is -2.30. The van der Waals surface area contributed by atoms with Crippen molar-refractivity contribution in [1.82, 2.24) is 5.32 Å². The van der Waals surface area contributed by atoms with Gasteiger partial charge in [0.05, 0.1) is 9.95 Å². The lowest BCUT2D eigenvalue weighted by atomic mass is 10.0. The Kier molecular flexibility index (Phi) is 5.63. The molecule has 3 aromatic carbocycles. The fraction of sp³-hybridized carbons (Fsp3) is 0.0870. The van der Waals surface area contributed by atoms with Crippen molar-refractivity contribution in [2.45, 2.75) is 13.1 Å². The molecule has 0 radical (unpaired) electrons. The molecule has 0 saturated carbocycles. The molecule has 1 unspecified atom stereocenters. The normalized spacial score (nSPS) is 14.8. The van der Waals surface area contributed by atoms with Crippen LogP contribution in [0.15, 0.2) is 66.2 Å². The van der Waals surface area contributed by atoms with E-state index in [1.165, 1.54) is 31.2 Å². The molecule has 4 rings (SSSR count). The van der Waals surface area contributed by atoms with Gasteiger partial charge < -0.3 is 10.6 Å². The van der Waals surface area contributed by atoms with Crippen LogP contribution in [0.4, 0.5) is 20.2 Å². The van der Waals surface area contributed by atoms with Crippen molar-refractivity contribution in [2.75, 3.05) is 5.32 Å². The molecule has 1 heterocycles. The van der Waals surface area contributed by atoms with Crippen LogP contribution < -0.4 is 10.6 Å². The summed E-state index contributed by atoms with van der Waals surface area (Å²) in [6.45, 7) is 5.47. The second kappa shape index (κ2) is 8.39. The first kappa shape index (κ1) is 21.5. The predicted octanol–water partition coefficient (Wildman–Crippen LogP) is 5.97. The molecule has 3 aromatic rings. The predicted molar refractivity (Wildman–Crippen MR) is 121 cm³/mol. The number of nitro groups is 1. The van der Waals surface area contributed by atoms with Gasteiger partial charge in [0.2, 0.25) is 0 Å². The summed E-state index contributed by atoms with van der Waals surface area (Å²) < 4.78 is 27.8. The second-order valence-electron chi connectivity index (χ2n) is 7.20. The van der Waals surface area contributed by atoms with Gasteiger partial charge in [-0.3, -0.25) is 10.1 Å². The largest absolute Gasteiger partial charge is 0.359 e. The maximum absolute atomic E-state index is 14.0. The first-order chi connectivity index (χ1) is 15.2.